The van der Waals surface area contributed by atoms with E-state index in [4.69, 9.17) is 5.11 Å². The zero-order valence-electron chi connectivity index (χ0n) is 7.78. The minimum absolute atomic E-state index is 0.157. The first kappa shape index (κ1) is 10.7. The van der Waals surface area contributed by atoms with Gasteiger partial charge in [-0.15, -0.1) is 6.58 Å². The number of hydrogen-bond acceptors (Lipinski definition) is 2. The van der Waals surface area contributed by atoms with Crippen LogP contribution in [0.2, 0.25) is 0 Å². The van der Waals surface area contributed by atoms with Crippen molar-refractivity contribution in [3.8, 4) is 0 Å². The molecule has 0 heterocycles. The van der Waals surface area contributed by atoms with E-state index in [1.54, 1.807) is 0 Å². The van der Waals surface area contributed by atoms with Crippen LogP contribution in [0.3, 0.4) is 0 Å². The Morgan fingerprint density at radius 3 is 2.45 bits per heavy atom. The van der Waals surface area contributed by atoms with Gasteiger partial charge in [-0.1, -0.05) is 5.57 Å². The van der Waals surface area contributed by atoms with Crippen LogP contribution < -0.4 is 5.32 Å². The second-order valence-electron chi connectivity index (χ2n) is 3.68. The molecular weight excluding hydrogens is 138 g/mol. The minimum Gasteiger partial charge on any atom is -0.394 e. The summed E-state index contributed by atoms with van der Waals surface area (Å²) in [7, 11) is 0. The van der Waals surface area contributed by atoms with Crippen LogP contribution in [-0.2, 0) is 0 Å². The lowest BCUT2D eigenvalue weighted by Gasteiger charge is -2.23. The lowest BCUT2D eigenvalue weighted by molar-refractivity contribution is 0.189. The Bertz CT molecular complexity index is 130. The Morgan fingerprint density at radius 2 is 2.09 bits per heavy atom. The van der Waals surface area contributed by atoms with Crippen molar-refractivity contribution in [1.29, 1.82) is 0 Å². The third-order valence-corrected chi connectivity index (χ3v) is 1.55. The Kier molecular flexibility index (Phi) is 4.38. The molecule has 0 spiro atoms. The summed E-state index contributed by atoms with van der Waals surface area (Å²) in [6.07, 6.45) is 0.976. The lowest BCUT2D eigenvalue weighted by atomic mass is 10.1. The lowest BCUT2D eigenvalue weighted by Crippen LogP contribution is -2.43. The quantitative estimate of drug-likeness (QED) is 0.590. The van der Waals surface area contributed by atoms with Gasteiger partial charge in [-0.3, -0.25) is 0 Å². The molecule has 66 valence electrons. The van der Waals surface area contributed by atoms with Gasteiger partial charge in [0.2, 0.25) is 0 Å². The molecule has 0 aliphatic carbocycles. The molecule has 0 aliphatic heterocycles. The van der Waals surface area contributed by atoms with Crippen LogP contribution in [0.1, 0.15) is 27.2 Å². The maximum absolute atomic E-state index is 8.87. The Hall–Kier alpha value is -0.340. The van der Waals surface area contributed by atoms with E-state index in [-0.39, 0.29) is 12.1 Å². The maximum Gasteiger partial charge on any atom is 0.0607 e. The van der Waals surface area contributed by atoms with Gasteiger partial charge in [0.1, 0.15) is 0 Å². The molecule has 0 aliphatic rings. The van der Waals surface area contributed by atoms with Crippen LogP contribution in [0.5, 0.6) is 0 Å². The SMILES string of the molecule is C=C(C)CCNC(C)(C)CO. The van der Waals surface area contributed by atoms with E-state index >= 15 is 0 Å². The predicted octanol–water partition coefficient (Wildman–Crippen LogP) is 1.31. The van der Waals surface area contributed by atoms with Crippen LogP contribution in [0.25, 0.3) is 0 Å². The number of aliphatic hydroxyl groups is 1. The Labute approximate surface area is 69.3 Å². The van der Waals surface area contributed by atoms with Gasteiger partial charge in [-0.25, -0.2) is 0 Å². The van der Waals surface area contributed by atoms with Gasteiger partial charge < -0.3 is 10.4 Å². The summed E-state index contributed by atoms with van der Waals surface area (Å²) < 4.78 is 0. The monoisotopic (exact) mass is 157 g/mol. The fourth-order valence-corrected chi connectivity index (χ4v) is 0.670. The van der Waals surface area contributed by atoms with Crippen molar-refractivity contribution in [2.24, 2.45) is 0 Å². The van der Waals surface area contributed by atoms with Gasteiger partial charge >= 0.3 is 0 Å². The van der Waals surface area contributed by atoms with Crippen molar-refractivity contribution < 1.29 is 5.11 Å². The Balaban J connectivity index is 3.45. The molecule has 0 saturated heterocycles. The highest BCUT2D eigenvalue weighted by Crippen LogP contribution is 2.01. The van der Waals surface area contributed by atoms with Crippen molar-refractivity contribution in [3.05, 3.63) is 12.2 Å². The van der Waals surface area contributed by atoms with Crippen LogP contribution >= 0.6 is 0 Å². The van der Waals surface area contributed by atoms with Crippen molar-refractivity contribution in [2.75, 3.05) is 13.2 Å². The second kappa shape index (κ2) is 4.52. The molecule has 0 atom stereocenters. The predicted molar refractivity (Wildman–Crippen MR) is 48.6 cm³/mol. The third-order valence-electron chi connectivity index (χ3n) is 1.55. The van der Waals surface area contributed by atoms with Crippen molar-refractivity contribution >= 4 is 0 Å². The molecule has 0 saturated carbocycles. The van der Waals surface area contributed by atoms with E-state index in [2.05, 4.69) is 11.9 Å². The molecule has 0 aromatic heterocycles. The Morgan fingerprint density at radius 1 is 1.55 bits per heavy atom. The average Bonchev–Trinajstić information content (AvgIpc) is 1.87. The molecule has 0 amide bonds. The fourth-order valence-electron chi connectivity index (χ4n) is 0.670. The van der Waals surface area contributed by atoms with Crippen LogP contribution in [-0.4, -0.2) is 23.8 Å². The number of hydrogen-bond donors (Lipinski definition) is 2. The van der Waals surface area contributed by atoms with Crippen molar-refractivity contribution in [2.45, 2.75) is 32.7 Å². The van der Waals surface area contributed by atoms with E-state index in [1.165, 1.54) is 5.57 Å². The summed E-state index contributed by atoms with van der Waals surface area (Å²) >= 11 is 0. The molecule has 0 rings (SSSR count). The van der Waals surface area contributed by atoms with Gasteiger partial charge in [0.25, 0.3) is 0 Å². The van der Waals surface area contributed by atoms with E-state index in [1.807, 2.05) is 20.8 Å². The number of aliphatic hydroxyl groups excluding tert-OH is 1. The first-order valence-electron chi connectivity index (χ1n) is 3.98. The summed E-state index contributed by atoms with van der Waals surface area (Å²) in [5.41, 5.74) is 1.02. The summed E-state index contributed by atoms with van der Waals surface area (Å²) in [6, 6.07) is 0. The van der Waals surface area contributed by atoms with Crippen LogP contribution in [0.15, 0.2) is 12.2 Å². The maximum atomic E-state index is 8.87. The van der Waals surface area contributed by atoms with E-state index < -0.39 is 0 Å². The molecule has 2 heteroatoms. The minimum atomic E-state index is -0.157. The summed E-state index contributed by atoms with van der Waals surface area (Å²) in [4.78, 5) is 0. The summed E-state index contributed by atoms with van der Waals surface area (Å²) in [5.74, 6) is 0. The molecule has 0 radical (unpaired) electrons. The fraction of sp³-hybridized carbons (Fsp3) is 0.778. The van der Waals surface area contributed by atoms with Gasteiger partial charge in [0, 0.05) is 5.54 Å². The van der Waals surface area contributed by atoms with E-state index in [9.17, 15) is 0 Å². The van der Waals surface area contributed by atoms with Crippen molar-refractivity contribution in [3.63, 3.8) is 0 Å². The normalized spacial score (nSPS) is 11.6. The zero-order valence-corrected chi connectivity index (χ0v) is 7.78. The third kappa shape index (κ3) is 6.07. The van der Waals surface area contributed by atoms with Crippen LogP contribution in [0.4, 0.5) is 0 Å². The molecule has 0 aromatic carbocycles. The molecule has 2 N–H and O–H groups in total. The van der Waals surface area contributed by atoms with E-state index in [0.717, 1.165) is 13.0 Å². The summed E-state index contributed by atoms with van der Waals surface area (Å²) in [6.45, 7) is 10.8. The first-order chi connectivity index (χ1) is 4.98. The largest absolute Gasteiger partial charge is 0.394 e. The van der Waals surface area contributed by atoms with Gasteiger partial charge in [-0.05, 0) is 33.7 Å². The molecular formula is C9H19NO. The molecule has 11 heavy (non-hydrogen) atoms. The number of nitrogens with one attached hydrogen (secondary N) is 1. The molecule has 0 aromatic rings. The molecule has 2 nitrogen and oxygen atoms in total. The molecule has 0 fully saturated rings. The zero-order chi connectivity index (χ0) is 8.91. The molecule has 0 unspecified atom stereocenters. The van der Waals surface area contributed by atoms with Gasteiger partial charge in [0.15, 0.2) is 0 Å². The highest BCUT2D eigenvalue weighted by molar-refractivity contribution is 4.89. The van der Waals surface area contributed by atoms with Gasteiger partial charge in [0.05, 0.1) is 6.61 Å². The standard InChI is InChI=1S/C9H19NO/c1-8(2)5-6-10-9(3,4)7-11/h10-11H,1,5-7H2,2-4H3. The number of rotatable bonds is 5. The van der Waals surface area contributed by atoms with Crippen molar-refractivity contribution in [1.82, 2.24) is 5.32 Å². The van der Waals surface area contributed by atoms with Crippen LogP contribution in [0, 0.1) is 0 Å². The molecule has 0 bridgehead atoms. The first-order valence-corrected chi connectivity index (χ1v) is 3.98. The average molecular weight is 157 g/mol. The smallest absolute Gasteiger partial charge is 0.0607 e. The topological polar surface area (TPSA) is 32.3 Å². The van der Waals surface area contributed by atoms with E-state index in [0.29, 0.717) is 0 Å². The van der Waals surface area contributed by atoms with Gasteiger partial charge in [-0.2, -0.15) is 0 Å². The highest BCUT2D eigenvalue weighted by atomic mass is 16.3. The second-order valence-corrected chi connectivity index (χ2v) is 3.68. The highest BCUT2D eigenvalue weighted by Gasteiger charge is 2.13. The summed E-state index contributed by atoms with van der Waals surface area (Å²) in [5, 5.41) is 12.1.